The molecule has 0 bridgehead atoms. The van der Waals surface area contributed by atoms with Crippen LogP contribution in [0.3, 0.4) is 0 Å². The number of methoxy groups -OCH3 is 1. The van der Waals surface area contributed by atoms with Gasteiger partial charge in [0, 0.05) is 37.3 Å². The second kappa shape index (κ2) is 6.87. The van der Waals surface area contributed by atoms with Crippen LogP contribution in [0.1, 0.15) is 12.0 Å². The number of nitrogens with one attached hydrogen (secondary N) is 1. The van der Waals surface area contributed by atoms with Gasteiger partial charge in [-0.1, -0.05) is 6.07 Å². The Kier molecular flexibility index (Phi) is 4.66. The molecular weight excluding hydrogens is 302 g/mol. The zero-order valence-electron chi connectivity index (χ0n) is 12.8. The molecule has 0 radical (unpaired) electrons. The standard InChI is InChI=1S/C16H18F2N4O/c1-23-16-7-15(19-10-20-16)21-11-5-6-22(8-11)9-12-13(17)3-2-4-14(12)18/h2-4,7,10-11H,5-6,8-9H2,1H3,(H,19,20,21). The van der Waals surface area contributed by atoms with Crippen LogP contribution < -0.4 is 10.1 Å². The molecule has 1 aromatic heterocycles. The summed E-state index contributed by atoms with van der Waals surface area (Å²) in [4.78, 5) is 10.1. The van der Waals surface area contributed by atoms with Gasteiger partial charge < -0.3 is 10.1 Å². The summed E-state index contributed by atoms with van der Waals surface area (Å²) in [7, 11) is 1.55. The van der Waals surface area contributed by atoms with E-state index >= 15 is 0 Å². The molecule has 1 saturated heterocycles. The topological polar surface area (TPSA) is 50.3 Å². The van der Waals surface area contributed by atoms with Crippen molar-refractivity contribution in [3.63, 3.8) is 0 Å². The number of aromatic nitrogens is 2. The number of ether oxygens (including phenoxy) is 1. The van der Waals surface area contributed by atoms with Crippen molar-refractivity contribution < 1.29 is 13.5 Å². The van der Waals surface area contributed by atoms with Crippen molar-refractivity contribution in [2.45, 2.75) is 19.0 Å². The minimum absolute atomic E-state index is 0.122. The van der Waals surface area contributed by atoms with E-state index in [-0.39, 0.29) is 18.2 Å². The fourth-order valence-electron chi connectivity index (χ4n) is 2.74. The molecule has 1 aromatic carbocycles. The first-order valence-electron chi connectivity index (χ1n) is 7.43. The van der Waals surface area contributed by atoms with Gasteiger partial charge >= 0.3 is 0 Å². The summed E-state index contributed by atoms with van der Waals surface area (Å²) in [5, 5.41) is 3.30. The fraction of sp³-hybridized carbons (Fsp3) is 0.375. The minimum atomic E-state index is -0.498. The van der Waals surface area contributed by atoms with E-state index in [1.807, 2.05) is 4.90 Å². The smallest absolute Gasteiger partial charge is 0.218 e. The van der Waals surface area contributed by atoms with Crippen molar-refractivity contribution in [2.24, 2.45) is 0 Å². The van der Waals surface area contributed by atoms with E-state index in [2.05, 4.69) is 15.3 Å². The summed E-state index contributed by atoms with van der Waals surface area (Å²) in [5.41, 5.74) is 0.122. The Morgan fingerprint density at radius 1 is 1.30 bits per heavy atom. The number of benzene rings is 1. The maximum atomic E-state index is 13.7. The van der Waals surface area contributed by atoms with Crippen LogP contribution in [0.2, 0.25) is 0 Å². The summed E-state index contributed by atoms with van der Waals surface area (Å²) in [6.45, 7) is 1.73. The Labute approximate surface area is 133 Å². The molecule has 3 rings (SSSR count). The zero-order valence-corrected chi connectivity index (χ0v) is 12.8. The van der Waals surface area contributed by atoms with E-state index in [0.717, 1.165) is 13.0 Å². The van der Waals surface area contributed by atoms with Gasteiger partial charge in [-0.2, -0.15) is 0 Å². The molecule has 1 aliphatic heterocycles. The Hall–Kier alpha value is -2.28. The van der Waals surface area contributed by atoms with Gasteiger partial charge in [-0.15, -0.1) is 0 Å². The van der Waals surface area contributed by atoms with E-state index in [9.17, 15) is 8.78 Å². The normalized spacial score (nSPS) is 18.1. The maximum Gasteiger partial charge on any atom is 0.218 e. The SMILES string of the molecule is COc1cc(NC2CCN(Cc3c(F)cccc3F)C2)ncn1. The van der Waals surface area contributed by atoms with Crippen molar-refractivity contribution in [1.82, 2.24) is 14.9 Å². The van der Waals surface area contributed by atoms with Crippen LogP contribution in [0, 0.1) is 11.6 Å². The summed E-state index contributed by atoms with van der Waals surface area (Å²) < 4.78 is 32.5. The molecule has 1 unspecified atom stereocenters. The number of likely N-dealkylation sites (tertiary alicyclic amines) is 1. The van der Waals surface area contributed by atoms with Gasteiger partial charge in [0.15, 0.2) is 0 Å². The highest BCUT2D eigenvalue weighted by Crippen LogP contribution is 2.20. The number of nitrogens with zero attached hydrogens (tertiary/aromatic N) is 3. The zero-order chi connectivity index (χ0) is 16.2. The first kappa shape index (κ1) is 15.6. The van der Waals surface area contributed by atoms with Crippen molar-refractivity contribution in [1.29, 1.82) is 0 Å². The third-order valence-electron chi connectivity index (χ3n) is 3.92. The second-order valence-corrected chi connectivity index (χ2v) is 5.51. The largest absolute Gasteiger partial charge is 0.481 e. The lowest BCUT2D eigenvalue weighted by Gasteiger charge is -2.18. The average Bonchev–Trinajstić information content (AvgIpc) is 2.98. The van der Waals surface area contributed by atoms with Crippen LogP contribution in [-0.4, -0.2) is 41.1 Å². The fourth-order valence-corrected chi connectivity index (χ4v) is 2.74. The maximum absolute atomic E-state index is 13.7. The Balaban J connectivity index is 1.60. The Morgan fingerprint density at radius 2 is 2.09 bits per heavy atom. The number of hydrogen-bond acceptors (Lipinski definition) is 5. The highest BCUT2D eigenvalue weighted by Gasteiger charge is 2.24. The number of anilines is 1. The van der Waals surface area contributed by atoms with E-state index in [1.165, 1.54) is 24.5 Å². The lowest BCUT2D eigenvalue weighted by Crippen LogP contribution is -2.27. The lowest BCUT2D eigenvalue weighted by atomic mass is 10.2. The van der Waals surface area contributed by atoms with Gasteiger partial charge in [-0.25, -0.2) is 18.7 Å². The molecule has 7 heteroatoms. The molecule has 5 nitrogen and oxygen atoms in total. The molecule has 23 heavy (non-hydrogen) atoms. The summed E-state index contributed by atoms with van der Waals surface area (Å²) in [6.07, 6.45) is 2.31. The molecule has 1 N–H and O–H groups in total. The number of halogens is 2. The summed E-state index contributed by atoms with van der Waals surface area (Å²) in [6, 6.07) is 5.85. The molecule has 0 saturated carbocycles. The predicted octanol–water partition coefficient (Wildman–Crippen LogP) is 2.45. The van der Waals surface area contributed by atoms with Crippen LogP contribution >= 0.6 is 0 Å². The highest BCUT2D eigenvalue weighted by molar-refractivity contribution is 5.38. The third-order valence-corrected chi connectivity index (χ3v) is 3.92. The third kappa shape index (κ3) is 3.73. The van der Waals surface area contributed by atoms with E-state index in [1.54, 1.807) is 13.2 Å². The van der Waals surface area contributed by atoms with E-state index in [4.69, 9.17) is 4.74 Å². The van der Waals surface area contributed by atoms with Gasteiger partial charge in [0.2, 0.25) is 5.88 Å². The van der Waals surface area contributed by atoms with Crippen LogP contribution in [0.4, 0.5) is 14.6 Å². The molecule has 1 fully saturated rings. The van der Waals surface area contributed by atoms with Crippen molar-refractivity contribution in [2.75, 3.05) is 25.5 Å². The summed E-state index contributed by atoms with van der Waals surface area (Å²) in [5.74, 6) is 0.176. The summed E-state index contributed by atoms with van der Waals surface area (Å²) >= 11 is 0. The Morgan fingerprint density at radius 3 is 2.83 bits per heavy atom. The van der Waals surface area contributed by atoms with E-state index in [0.29, 0.717) is 18.2 Å². The van der Waals surface area contributed by atoms with Gasteiger partial charge in [0.1, 0.15) is 23.8 Å². The average molecular weight is 320 g/mol. The molecule has 0 aliphatic carbocycles. The lowest BCUT2D eigenvalue weighted by molar-refractivity contribution is 0.316. The molecule has 0 amide bonds. The quantitative estimate of drug-likeness (QED) is 0.917. The van der Waals surface area contributed by atoms with Crippen LogP contribution in [0.25, 0.3) is 0 Å². The molecule has 1 atom stereocenters. The molecule has 2 heterocycles. The first-order chi connectivity index (χ1) is 11.2. The highest BCUT2D eigenvalue weighted by atomic mass is 19.1. The van der Waals surface area contributed by atoms with Crippen LogP contribution in [0.15, 0.2) is 30.6 Å². The number of hydrogen-bond donors (Lipinski definition) is 1. The van der Waals surface area contributed by atoms with Crippen molar-refractivity contribution in [3.05, 3.63) is 47.8 Å². The monoisotopic (exact) mass is 320 g/mol. The number of rotatable bonds is 5. The minimum Gasteiger partial charge on any atom is -0.481 e. The van der Waals surface area contributed by atoms with Gasteiger partial charge in [-0.05, 0) is 18.6 Å². The molecule has 0 spiro atoms. The Bertz CT molecular complexity index is 663. The molecule has 2 aromatic rings. The molecular formula is C16H18F2N4O. The van der Waals surface area contributed by atoms with Crippen LogP contribution in [0.5, 0.6) is 5.88 Å². The van der Waals surface area contributed by atoms with Gasteiger partial charge in [0.05, 0.1) is 7.11 Å². The van der Waals surface area contributed by atoms with Gasteiger partial charge in [0.25, 0.3) is 0 Å². The van der Waals surface area contributed by atoms with Crippen LogP contribution in [-0.2, 0) is 6.54 Å². The van der Waals surface area contributed by atoms with Crippen molar-refractivity contribution >= 4 is 5.82 Å². The van der Waals surface area contributed by atoms with E-state index < -0.39 is 11.6 Å². The second-order valence-electron chi connectivity index (χ2n) is 5.51. The predicted molar refractivity (Wildman–Crippen MR) is 82.2 cm³/mol. The molecule has 122 valence electrons. The van der Waals surface area contributed by atoms with Gasteiger partial charge in [-0.3, -0.25) is 4.90 Å². The molecule has 1 aliphatic rings. The van der Waals surface area contributed by atoms with Crippen molar-refractivity contribution in [3.8, 4) is 5.88 Å². The first-order valence-corrected chi connectivity index (χ1v) is 7.43.